The molecule has 0 aliphatic heterocycles. The summed E-state index contributed by atoms with van der Waals surface area (Å²) in [5, 5.41) is 0. The average Bonchev–Trinajstić information content (AvgIpc) is 3.04. The molecule has 0 aliphatic carbocycles. The maximum Gasteiger partial charge on any atom is 3.00 e. The van der Waals surface area contributed by atoms with E-state index in [4.69, 9.17) is 0 Å². The number of rotatable bonds is 36. The second-order valence-electron chi connectivity index (χ2n) is 13.2. The summed E-state index contributed by atoms with van der Waals surface area (Å²) in [6.07, 6.45) is 35.1. The van der Waals surface area contributed by atoms with Crippen LogP contribution in [0.1, 0.15) is 213 Å². The Bertz CT molecular complexity index is 883. The molecule has 0 spiro atoms. The Hall–Kier alpha value is 0.844. The van der Waals surface area contributed by atoms with Gasteiger partial charge in [0.05, 0.1) is 19.8 Å². The minimum absolute atomic E-state index is 0. The van der Waals surface area contributed by atoms with Crippen molar-refractivity contribution in [1.82, 2.24) is 0 Å². The summed E-state index contributed by atoms with van der Waals surface area (Å²) in [6, 6.07) is 0. The molecule has 0 saturated carbocycles. The van der Waals surface area contributed by atoms with Crippen molar-refractivity contribution < 1.29 is 88.3 Å². The van der Waals surface area contributed by atoms with E-state index in [1.54, 1.807) is 0 Å². The molecule has 0 atom stereocenters. The second kappa shape index (κ2) is 44.6. The van der Waals surface area contributed by atoms with Gasteiger partial charge in [0.1, 0.15) is 0 Å². The van der Waals surface area contributed by atoms with Crippen molar-refractivity contribution in [2.24, 2.45) is 0 Å². The van der Waals surface area contributed by atoms with Gasteiger partial charge in [0.2, 0.25) is 31.2 Å². The predicted octanol–water partition coefficient (Wildman–Crippen LogP) is 10.2. The van der Waals surface area contributed by atoms with Crippen LogP contribution in [0.5, 0.6) is 0 Å². The standard InChI is InChI=1S/3C12H26O4S.Tm/c3*1-2-3-4-5-6-7-8-9-10-11-12-16-17(13,14)15;/h3*2-12H2,1H3,(H,13,14,15);/q;;;+3/p-3. The first-order valence-electron chi connectivity index (χ1n) is 20.0. The first-order valence-corrected chi connectivity index (χ1v) is 24.0. The first-order chi connectivity index (χ1) is 24.2. The van der Waals surface area contributed by atoms with Gasteiger partial charge >= 0.3 is 36.9 Å². The van der Waals surface area contributed by atoms with Crippen LogP contribution in [0.15, 0.2) is 0 Å². The van der Waals surface area contributed by atoms with Crippen molar-refractivity contribution in [2.75, 3.05) is 19.8 Å². The third-order valence-corrected chi connectivity index (χ3v) is 9.54. The van der Waals surface area contributed by atoms with Crippen molar-refractivity contribution in [3.8, 4) is 0 Å². The number of hydrogen-bond acceptors (Lipinski definition) is 12. The van der Waals surface area contributed by atoms with E-state index < -0.39 is 31.2 Å². The van der Waals surface area contributed by atoms with Crippen molar-refractivity contribution in [3.63, 3.8) is 0 Å². The first kappa shape index (κ1) is 59.5. The van der Waals surface area contributed by atoms with Gasteiger partial charge in [-0.05, 0) is 19.3 Å². The molecular weight excluding hydrogens is 890 g/mol. The van der Waals surface area contributed by atoms with Crippen LogP contribution < -0.4 is 0 Å². The Morgan fingerprint density at radius 3 is 0.558 bits per heavy atom. The summed E-state index contributed by atoms with van der Waals surface area (Å²) in [7, 11) is -13.5. The molecule has 0 aromatic rings. The van der Waals surface area contributed by atoms with E-state index in [0.29, 0.717) is 19.3 Å². The molecule has 0 aromatic carbocycles. The minimum Gasteiger partial charge on any atom is -0.726 e. The van der Waals surface area contributed by atoms with Gasteiger partial charge in [0, 0.05) is 0 Å². The number of hydrogen-bond donors (Lipinski definition) is 0. The minimum atomic E-state index is -4.48. The van der Waals surface area contributed by atoms with Crippen molar-refractivity contribution in [1.29, 1.82) is 0 Å². The van der Waals surface area contributed by atoms with Crippen LogP contribution >= 0.6 is 0 Å². The molecule has 52 heavy (non-hydrogen) atoms. The molecule has 0 heterocycles. The second-order valence-corrected chi connectivity index (χ2v) is 16.4. The molecule has 12 nitrogen and oxygen atoms in total. The van der Waals surface area contributed by atoms with Crippen LogP contribution in [-0.2, 0) is 43.7 Å². The molecule has 0 saturated heterocycles. The zero-order chi connectivity index (χ0) is 39.0. The van der Waals surface area contributed by atoms with E-state index in [-0.39, 0.29) is 56.7 Å². The topological polar surface area (TPSA) is 199 Å². The van der Waals surface area contributed by atoms with Gasteiger partial charge in [0.25, 0.3) is 0 Å². The summed E-state index contributed by atoms with van der Waals surface area (Å²) in [4.78, 5) is 0. The molecule has 16 heteroatoms. The Labute approximate surface area is 350 Å². The molecule has 0 aliphatic rings. The fourth-order valence-corrected chi connectivity index (χ4v) is 6.22. The Balaban J connectivity index is -0.000000329. The Morgan fingerprint density at radius 2 is 0.423 bits per heavy atom. The zero-order valence-electron chi connectivity index (χ0n) is 32.7. The van der Waals surface area contributed by atoms with Gasteiger partial charge in [-0.25, -0.2) is 25.3 Å². The predicted molar refractivity (Wildman–Crippen MR) is 202 cm³/mol. The van der Waals surface area contributed by atoms with Crippen LogP contribution in [0, 0.1) is 36.9 Å². The van der Waals surface area contributed by atoms with Crippen molar-refractivity contribution in [3.05, 3.63) is 0 Å². The molecule has 0 bridgehead atoms. The fourth-order valence-electron chi connectivity index (χ4n) is 5.25. The molecule has 0 N–H and O–H groups in total. The van der Waals surface area contributed by atoms with Gasteiger partial charge in [-0.1, -0.05) is 194 Å². The van der Waals surface area contributed by atoms with E-state index in [2.05, 4.69) is 33.3 Å². The van der Waals surface area contributed by atoms with E-state index >= 15 is 0 Å². The summed E-state index contributed by atoms with van der Waals surface area (Å²) in [6.45, 7) is 6.73. The summed E-state index contributed by atoms with van der Waals surface area (Å²) >= 11 is 0. The molecule has 322 valence electrons. The molecular formula is C36H75O12S3Tm. The van der Waals surface area contributed by atoms with Gasteiger partial charge in [-0.3, -0.25) is 12.5 Å². The van der Waals surface area contributed by atoms with Gasteiger partial charge in [-0.2, -0.15) is 0 Å². The monoisotopic (exact) mass is 964 g/mol. The maximum atomic E-state index is 10.1. The van der Waals surface area contributed by atoms with E-state index in [9.17, 15) is 38.9 Å². The van der Waals surface area contributed by atoms with Gasteiger partial charge in [-0.15, -0.1) is 0 Å². The number of unbranched alkanes of at least 4 members (excludes halogenated alkanes) is 27. The molecule has 0 aromatic heterocycles. The van der Waals surface area contributed by atoms with Crippen molar-refractivity contribution >= 4 is 31.2 Å². The van der Waals surface area contributed by atoms with E-state index in [1.807, 2.05) is 0 Å². The molecule has 0 amide bonds. The van der Waals surface area contributed by atoms with Crippen LogP contribution in [0.2, 0.25) is 0 Å². The third kappa shape index (κ3) is 68.8. The van der Waals surface area contributed by atoms with E-state index in [0.717, 1.165) is 38.5 Å². The Kier molecular flexibility index (Phi) is 51.0. The average molecular weight is 965 g/mol. The molecule has 0 rings (SSSR count). The fraction of sp³-hybridized carbons (Fsp3) is 1.00. The van der Waals surface area contributed by atoms with Crippen LogP contribution in [-0.4, -0.2) is 58.7 Å². The summed E-state index contributed by atoms with van der Waals surface area (Å²) in [5.74, 6) is 0. The largest absolute Gasteiger partial charge is 3.00 e. The normalized spacial score (nSPS) is 11.7. The third-order valence-electron chi connectivity index (χ3n) is 8.18. The van der Waals surface area contributed by atoms with Crippen LogP contribution in [0.25, 0.3) is 0 Å². The Morgan fingerprint density at radius 1 is 0.288 bits per heavy atom. The summed E-state index contributed by atoms with van der Waals surface area (Å²) < 4.78 is 103. The molecule has 0 fully saturated rings. The maximum absolute atomic E-state index is 10.1. The molecule has 0 radical (unpaired) electrons. The van der Waals surface area contributed by atoms with Gasteiger partial charge in [0.15, 0.2) is 0 Å². The van der Waals surface area contributed by atoms with Crippen molar-refractivity contribution in [2.45, 2.75) is 213 Å². The van der Waals surface area contributed by atoms with Crippen LogP contribution in [0.3, 0.4) is 0 Å². The smallest absolute Gasteiger partial charge is 0.726 e. The van der Waals surface area contributed by atoms with Crippen LogP contribution in [0.4, 0.5) is 0 Å². The van der Waals surface area contributed by atoms with E-state index in [1.165, 1.54) is 135 Å². The molecule has 0 unspecified atom stereocenters. The quantitative estimate of drug-likeness (QED) is 0.0327. The van der Waals surface area contributed by atoms with Gasteiger partial charge < -0.3 is 13.7 Å². The summed E-state index contributed by atoms with van der Waals surface area (Å²) in [5.41, 5.74) is 0. The zero-order valence-corrected chi connectivity index (χ0v) is 37.0. The SMILES string of the molecule is CCCCCCCCCCCCOS(=O)(=O)[O-].CCCCCCCCCCCCOS(=O)(=O)[O-].CCCCCCCCCCCCOS(=O)(=O)[O-].[Tm+3].